The molecule has 1 N–H and O–H groups in total. The second-order valence-electron chi connectivity index (χ2n) is 6.65. The average Bonchev–Trinajstić information content (AvgIpc) is 3.02. The molecule has 0 radical (unpaired) electrons. The zero-order valence-corrected chi connectivity index (χ0v) is 13.1. The minimum atomic E-state index is -0.307. The quantitative estimate of drug-likeness (QED) is 0.800. The van der Waals surface area contributed by atoms with E-state index in [1.54, 1.807) is 4.68 Å². The lowest BCUT2D eigenvalue weighted by molar-refractivity contribution is -0.141. The van der Waals surface area contributed by atoms with Gasteiger partial charge in [-0.2, -0.15) is 0 Å². The summed E-state index contributed by atoms with van der Waals surface area (Å²) in [7, 11) is 2.09. The van der Waals surface area contributed by atoms with Crippen LogP contribution in [0.5, 0.6) is 0 Å². The summed E-state index contributed by atoms with van der Waals surface area (Å²) in [6, 6.07) is 0. The predicted molar refractivity (Wildman–Crippen MR) is 78.8 cm³/mol. The number of piperidine rings is 2. The molecule has 0 aromatic carbocycles. The molecule has 3 heterocycles. The molecule has 1 aromatic rings. The number of hydrogen-bond donors (Lipinski definition) is 1. The molecule has 2 atom stereocenters. The molecule has 122 valence electrons. The van der Waals surface area contributed by atoms with Gasteiger partial charge < -0.3 is 14.9 Å². The van der Waals surface area contributed by atoms with Crippen molar-refractivity contribution in [1.82, 2.24) is 30.0 Å². The highest BCUT2D eigenvalue weighted by atomic mass is 16.3. The minimum Gasteiger partial charge on any atom is -0.392 e. The van der Waals surface area contributed by atoms with Crippen LogP contribution in [0.15, 0.2) is 6.33 Å². The minimum absolute atomic E-state index is 0.120. The topological polar surface area (TPSA) is 87.4 Å². The van der Waals surface area contributed by atoms with E-state index in [2.05, 4.69) is 27.5 Å². The number of aliphatic hydroxyl groups excluding tert-OH is 1. The molecule has 0 unspecified atom stereocenters. The fourth-order valence-electron chi connectivity index (χ4n) is 3.80. The van der Waals surface area contributed by atoms with Crippen molar-refractivity contribution in [2.24, 2.45) is 5.41 Å². The fourth-order valence-corrected chi connectivity index (χ4v) is 3.80. The molecule has 8 heteroatoms. The Kier molecular flexibility index (Phi) is 4.39. The highest BCUT2D eigenvalue weighted by Gasteiger charge is 2.45. The molecule has 1 spiro atoms. The van der Waals surface area contributed by atoms with Crippen LogP contribution in [0.4, 0.5) is 0 Å². The Labute approximate surface area is 130 Å². The molecule has 2 fully saturated rings. The van der Waals surface area contributed by atoms with Gasteiger partial charge in [-0.3, -0.25) is 4.79 Å². The lowest BCUT2D eigenvalue weighted by Crippen LogP contribution is -2.59. The van der Waals surface area contributed by atoms with Crippen LogP contribution < -0.4 is 0 Å². The first-order valence-corrected chi connectivity index (χ1v) is 7.94. The van der Waals surface area contributed by atoms with Crippen molar-refractivity contribution in [2.45, 2.75) is 38.3 Å². The van der Waals surface area contributed by atoms with Gasteiger partial charge in [-0.25, -0.2) is 4.68 Å². The Hall–Kier alpha value is -1.54. The Bertz CT molecular complexity index is 507. The summed E-state index contributed by atoms with van der Waals surface area (Å²) in [5, 5.41) is 21.4. The molecule has 2 aliphatic rings. The van der Waals surface area contributed by atoms with E-state index < -0.39 is 0 Å². The molecule has 2 aliphatic heterocycles. The highest BCUT2D eigenvalue weighted by Crippen LogP contribution is 2.38. The largest absolute Gasteiger partial charge is 0.392 e. The van der Waals surface area contributed by atoms with E-state index in [9.17, 15) is 9.90 Å². The number of carbonyl (C=O) groups excluding carboxylic acids is 1. The van der Waals surface area contributed by atoms with Crippen molar-refractivity contribution < 1.29 is 9.90 Å². The van der Waals surface area contributed by atoms with Gasteiger partial charge >= 0.3 is 0 Å². The van der Waals surface area contributed by atoms with Crippen LogP contribution in [0.3, 0.4) is 0 Å². The first-order chi connectivity index (χ1) is 10.6. The van der Waals surface area contributed by atoms with Gasteiger partial charge in [0, 0.05) is 38.0 Å². The third-order valence-corrected chi connectivity index (χ3v) is 4.98. The smallest absolute Gasteiger partial charge is 0.224 e. The number of tetrazole rings is 1. The fraction of sp³-hybridized carbons (Fsp3) is 0.857. The van der Waals surface area contributed by atoms with Gasteiger partial charge in [0.2, 0.25) is 5.91 Å². The molecule has 8 nitrogen and oxygen atoms in total. The van der Waals surface area contributed by atoms with Crippen molar-refractivity contribution in [2.75, 3.05) is 33.2 Å². The SMILES string of the molecule is CN1CC[C@H](O)[C@@]2(CCCN(C(=O)CCn3cnnn3)C2)C1. The van der Waals surface area contributed by atoms with E-state index in [0.29, 0.717) is 19.5 Å². The van der Waals surface area contributed by atoms with Crippen molar-refractivity contribution in [3.05, 3.63) is 6.33 Å². The maximum absolute atomic E-state index is 12.5. The summed E-state index contributed by atoms with van der Waals surface area (Å²) in [6.07, 6.45) is 4.36. The van der Waals surface area contributed by atoms with Gasteiger partial charge in [0.05, 0.1) is 12.6 Å². The van der Waals surface area contributed by atoms with Gasteiger partial charge in [0.15, 0.2) is 0 Å². The monoisotopic (exact) mass is 308 g/mol. The molecule has 22 heavy (non-hydrogen) atoms. The van der Waals surface area contributed by atoms with E-state index in [1.807, 2.05) is 4.90 Å². The number of amides is 1. The molecular weight excluding hydrogens is 284 g/mol. The number of likely N-dealkylation sites (tertiary alicyclic amines) is 2. The lowest BCUT2D eigenvalue weighted by Gasteiger charge is -2.50. The van der Waals surface area contributed by atoms with E-state index in [-0.39, 0.29) is 17.4 Å². The Morgan fingerprint density at radius 3 is 3.05 bits per heavy atom. The number of rotatable bonds is 3. The second kappa shape index (κ2) is 6.29. The summed E-state index contributed by atoms with van der Waals surface area (Å²) in [6.45, 7) is 3.73. The van der Waals surface area contributed by atoms with Gasteiger partial charge in [0.25, 0.3) is 0 Å². The van der Waals surface area contributed by atoms with Crippen LogP contribution in [-0.4, -0.2) is 80.4 Å². The molecule has 0 saturated carbocycles. The summed E-state index contributed by atoms with van der Waals surface area (Å²) in [5.41, 5.74) is -0.157. The maximum atomic E-state index is 12.5. The highest BCUT2D eigenvalue weighted by molar-refractivity contribution is 5.76. The number of hydrogen-bond acceptors (Lipinski definition) is 6. The van der Waals surface area contributed by atoms with Crippen LogP contribution in [0.1, 0.15) is 25.7 Å². The average molecular weight is 308 g/mol. The summed E-state index contributed by atoms with van der Waals surface area (Å²) < 4.78 is 1.57. The molecule has 1 aromatic heterocycles. The summed E-state index contributed by atoms with van der Waals surface area (Å²) in [4.78, 5) is 16.6. The molecule has 1 amide bonds. The van der Waals surface area contributed by atoms with Gasteiger partial charge in [0.1, 0.15) is 6.33 Å². The van der Waals surface area contributed by atoms with Crippen LogP contribution in [0, 0.1) is 5.41 Å². The van der Waals surface area contributed by atoms with Crippen molar-refractivity contribution >= 4 is 5.91 Å². The van der Waals surface area contributed by atoms with Gasteiger partial charge in [-0.1, -0.05) is 0 Å². The zero-order valence-electron chi connectivity index (χ0n) is 13.1. The summed E-state index contributed by atoms with van der Waals surface area (Å²) in [5.74, 6) is 0.120. The predicted octanol–water partition coefficient (Wildman–Crippen LogP) is -0.632. The summed E-state index contributed by atoms with van der Waals surface area (Å²) >= 11 is 0. The van der Waals surface area contributed by atoms with E-state index in [1.165, 1.54) is 6.33 Å². The Balaban J connectivity index is 1.61. The third-order valence-electron chi connectivity index (χ3n) is 4.98. The molecular formula is C14H24N6O2. The molecule has 0 bridgehead atoms. The molecule has 0 aliphatic carbocycles. The number of aliphatic hydroxyl groups is 1. The second-order valence-corrected chi connectivity index (χ2v) is 6.65. The number of nitrogens with zero attached hydrogens (tertiary/aromatic N) is 6. The van der Waals surface area contributed by atoms with Crippen molar-refractivity contribution in [3.8, 4) is 0 Å². The van der Waals surface area contributed by atoms with Gasteiger partial charge in [-0.15, -0.1) is 5.10 Å². The third kappa shape index (κ3) is 3.12. The van der Waals surface area contributed by atoms with E-state index >= 15 is 0 Å². The van der Waals surface area contributed by atoms with Gasteiger partial charge in [-0.05, 0) is 36.7 Å². The zero-order chi connectivity index (χ0) is 15.6. The number of carbonyl (C=O) groups is 1. The number of aromatic nitrogens is 4. The Morgan fingerprint density at radius 1 is 1.41 bits per heavy atom. The first-order valence-electron chi connectivity index (χ1n) is 7.94. The van der Waals surface area contributed by atoms with Crippen molar-refractivity contribution in [1.29, 1.82) is 0 Å². The van der Waals surface area contributed by atoms with Crippen LogP contribution in [0.2, 0.25) is 0 Å². The maximum Gasteiger partial charge on any atom is 0.224 e. The van der Waals surface area contributed by atoms with Crippen LogP contribution in [-0.2, 0) is 11.3 Å². The van der Waals surface area contributed by atoms with E-state index in [4.69, 9.17) is 0 Å². The Morgan fingerprint density at radius 2 is 2.27 bits per heavy atom. The van der Waals surface area contributed by atoms with E-state index in [0.717, 1.165) is 38.9 Å². The normalized spacial score (nSPS) is 29.9. The molecule has 2 saturated heterocycles. The standard InChI is InChI=1S/C14H24N6O2/c1-18-7-3-12(21)14(9-18)5-2-6-19(10-14)13(22)4-8-20-11-15-16-17-20/h11-12,21H,2-10H2,1H3/t12-,14-/m0/s1. The molecule has 3 rings (SSSR count). The number of aryl methyl sites for hydroxylation is 1. The van der Waals surface area contributed by atoms with Crippen molar-refractivity contribution in [3.63, 3.8) is 0 Å². The van der Waals surface area contributed by atoms with Crippen LogP contribution >= 0.6 is 0 Å². The van der Waals surface area contributed by atoms with Crippen LogP contribution in [0.25, 0.3) is 0 Å². The first kappa shape index (κ1) is 15.4. The lowest BCUT2D eigenvalue weighted by atomic mass is 9.71.